The number of benzene rings is 1. The van der Waals surface area contributed by atoms with E-state index in [2.05, 4.69) is 46.9 Å². The van der Waals surface area contributed by atoms with Crippen LogP contribution in [0.25, 0.3) is 0 Å². The number of hydrogen-bond acceptors (Lipinski definition) is 4. The number of rotatable bonds is 5. The van der Waals surface area contributed by atoms with Gasteiger partial charge in [-0.1, -0.05) is 43.0 Å². The normalized spacial score (nSPS) is 21.6. The molecule has 0 radical (unpaired) electrons. The van der Waals surface area contributed by atoms with Gasteiger partial charge in [-0.2, -0.15) is 0 Å². The molecule has 0 fully saturated rings. The van der Waals surface area contributed by atoms with E-state index >= 15 is 0 Å². The zero-order valence-corrected chi connectivity index (χ0v) is 13.3. The Bertz CT molecular complexity index is 539. The molecule has 3 rings (SSSR count). The number of thioether (sulfide) groups is 1. The first-order valence-corrected chi connectivity index (χ1v) is 9.01. The van der Waals surface area contributed by atoms with Crippen LogP contribution in [0, 0.1) is 0 Å². The Morgan fingerprint density at radius 3 is 3.10 bits per heavy atom. The molecule has 2 unspecified atom stereocenters. The molecule has 1 aromatic carbocycles. The van der Waals surface area contributed by atoms with Crippen molar-refractivity contribution in [3.63, 3.8) is 0 Å². The molecule has 0 amide bonds. The molecule has 4 heteroatoms. The molecule has 0 saturated heterocycles. The summed E-state index contributed by atoms with van der Waals surface area (Å²) < 4.78 is 1.19. The fourth-order valence-electron chi connectivity index (χ4n) is 2.80. The molecular weight excluding hydrogens is 284 g/mol. The Labute approximate surface area is 129 Å². The molecule has 2 aromatic rings. The minimum absolute atomic E-state index is 0.453. The minimum Gasteiger partial charge on any atom is -0.309 e. The van der Waals surface area contributed by atoms with Gasteiger partial charge in [-0.15, -0.1) is 11.3 Å². The highest BCUT2D eigenvalue weighted by Gasteiger charge is 2.30. The van der Waals surface area contributed by atoms with E-state index in [0.29, 0.717) is 11.3 Å². The van der Waals surface area contributed by atoms with Crippen LogP contribution in [0.1, 0.15) is 36.9 Å². The number of nitrogens with zero attached hydrogens (tertiary/aromatic N) is 1. The zero-order valence-electron chi connectivity index (χ0n) is 11.7. The lowest BCUT2D eigenvalue weighted by Crippen LogP contribution is -2.34. The largest absolute Gasteiger partial charge is 0.309 e. The molecule has 1 N–H and O–H groups in total. The average Bonchev–Trinajstić information content (AvgIpc) is 2.99. The number of aryl methyl sites for hydroxylation is 1. The fourth-order valence-corrected chi connectivity index (χ4v) is 4.91. The first-order chi connectivity index (χ1) is 9.88. The van der Waals surface area contributed by atoms with Crippen molar-refractivity contribution in [1.29, 1.82) is 0 Å². The summed E-state index contributed by atoms with van der Waals surface area (Å²) in [7, 11) is 0. The predicted octanol–water partition coefficient (Wildman–Crippen LogP) is 4.29. The summed E-state index contributed by atoms with van der Waals surface area (Å²) in [5, 5.41) is 6.39. The molecule has 1 aliphatic carbocycles. The quantitative estimate of drug-likeness (QED) is 0.892. The maximum Gasteiger partial charge on any atom is 0.150 e. The third-order valence-electron chi connectivity index (χ3n) is 3.74. The molecule has 20 heavy (non-hydrogen) atoms. The van der Waals surface area contributed by atoms with E-state index in [-0.39, 0.29) is 0 Å². The maximum atomic E-state index is 4.43. The van der Waals surface area contributed by atoms with Crippen LogP contribution < -0.4 is 5.32 Å². The highest BCUT2D eigenvalue weighted by atomic mass is 32.2. The number of aromatic nitrogens is 1. The van der Waals surface area contributed by atoms with Gasteiger partial charge in [-0.25, -0.2) is 4.98 Å². The summed E-state index contributed by atoms with van der Waals surface area (Å²) in [5.74, 6) is 0. The van der Waals surface area contributed by atoms with E-state index in [1.165, 1.54) is 34.7 Å². The number of thiazole rings is 1. The molecular formula is C16H20N2S2. The Hall–Kier alpha value is -0.840. The first kappa shape index (κ1) is 14.1. The second-order valence-corrected chi connectivity index (χ2v) is 7.50. The summed E-state index contributed by atoms with van der Waals surface area (Å²) in [6, 6.07) is 9.34. The van der Waals surface area contributed by atoms with Crippen molar-refractivity contribution in [2.24, 2.45) is 0 Å². The lowest BCUT2D eigenvalue weighted by molar-refractivity contribution is 0.472. The molecule has 0 spiro atoms. The average molecular weight is 304 g/mol. The highest BCUT2D eigenvalue weighted by molar-refractivity contribution is 8.01. The molecule has 1 aromatic heterocycles. The van der Waals surface area contributed by atoms with Gasteiger partial charge in [0.25, 0.3) is 0 Å². The van der Waals surface area contributed by atoms with E-state index in [1.807, 2.05) is 18.0 Å². The van der Waals surface area contributed by atoms with Crippen LogP contribution in [0.5, 0.6) is 0 Å². The first-order valence-electron chi connectivity index (χ1n) is 7.26. The van der Waals surface area contributed by atoms with Crippen molar-refractivity contribution >= 4 is 23.1 Å². The van der Waals surface area contributed by atoms with Crippen molar-refractivity contribution < 1.29 is 0 Å². The topological polar surface area (TPSA) is 24.9 Å². The lowest BCUT2D eigenvalue weighted by atomic mass is 9.87. The molecule has 106 valence electrons. The molecule has 1 heterocycles. The summed E-state index contributed by atoms with van der Waals surface area (Å²) in [6.07, 6.45) is 5.48. The molecule has 1 aliphatic rings. The molecule has 2 nitrogen and oxygen atoms in total. The van der Waals surface area contributed by atoms with Crippen LogP contribution in [0.4, 0.5) is 0 Å². The third kappa shape index (κ3) is 3.08. The molecule has 0 saturated carbocycles. The summed E-state index contributed by atoms with van der Waals surface area (Å²) in [5.41, 5.74) is 3.00. The Morgan fingerprint density at radius 1 is 1.40 bits per heavy atom. The lowest BCUT2D eigenvalue weighted by Gasteiger charge is -2.33. The van der Waals surface area contributed by atoms with E-state index in [9.17, 15) is 0 Å². The predicted molar refractivity (Wildman–Crippen MR) is 87.6 cm³/mol. The second kappa shape index (κ2) is 6.74. The Morgan fingerprint density at radius 2 is 2.30 bits per heavy atom. The smallest absolute Gasteiger partial charge is 0.150 e. The van der Waals surface area contributed by atoms with Crippen molar-refractivity contribution in [2.45, 2.75) is 41.8 Å². The molecule has 0 aliphatic heterocycles. The van der Waals surface area contributed by atoms with Gasteiger partial charge in [0.1, 0.15) is 4.34 Å². The van der Waals surface area contributed by atoms with Gasteiger partial charge in [0, 0.05) is 22.9 Å². The summed E-state index contributed by atoms with van der Waals surface area (Å²) in [6.45, 7) is 3.30. The maximum absolute atomic E-state index is 4.43. The van der Waals surface area contributed by atoms with Gasteiger partial charge in [-0.05, 0) is 36.9 Å². The zero-order chi connectivity index (χ0) is 13.8. The summed E-state index contributed by atoms with van der Waals surface area (Å²) >= 11 is 3.69. The van der Waals surface area contributed by atoms with Gasteiger partial charge in [0.05, 0.1) is 0 Å². The van der Waals surface area contributed by atoms with Gasteiger partial charge >= 0.3 is 0 Å². The number of hydrogen-bond donors (Lipinski definition) is 1. The minimum atomic E-state index is 0.453. The van der Waals surface area contributed by atoms with Gasteiger partial charge in [0.15, 0.2) is 0 Å². The second-order valence-electron chi connectivity index (χ2n) is 5.12. The van der Waals surface area contributed by atoms with Gasteiger partial charge < -0.3 is 5.32 Å². The van der Waals surface area contributed by atoms with Gasteiger partial charge in [-0.3, -0.25) is 0 Å². The van der Waals surface area contributed by atoms with Crippen LogP contribution in [0.2, 0.25) is 0 Å². The Balaban J connectivity index is 1.82. The van der Waals surface area contributed by atoms with E-state index < -0.39 is 0 Å². The van der Waals surface area contributed by atoms with E-state index in [1.54, 1.807) is 11.3 Å². The van der Waals surface area contributed by atoms with Crippen LogP contribution in [-0.2, 0) is 6.42 Å². The number of fused-ring (bicyclic) bond motifs is 1. The van der Waals surface area contributed by atoms with Crippen molar-refractivity contribution in [2.75, 3.05) is 6.54 Å². The standard InChI is InChI=1S/C16H20N2S2/c1-2-9-17-15-13-6-4-3-5-12(13)7-8-14(15)20-16-18-10-11-19-16/h3-6,10-11,14-15,17H,2,7-9H2,1H3. The SMILES string of the molecule is CCCNC1c2ccccc2CCC1Sc1nccs1. The van der Waals surface area contributed by atoms with Crippen LogP contribution in [0.3, 0.4) is 0 Å². The fraction of sp³-hybridized carbons (Fsp3) is 0.438. The molecule has 0 bridgehead atoms. The van der Waals surface area contributed by atoms with Crippen molar-refractivity contribution in [1.82, 2.24) is 10.3 Å². The van der Waals surface area contributed by atoms with Gasteiger partial charge in [0.2, 0.25) is 0 Å². The van der Waals surface area contributed by atoms with Crippen molar-refractivity contribution in [3.8, 4) is 0 Å². The third-order valence-corrected chi connectivity index (χ3v) is 6.00. The van der Waals surface area contributed by atoms with Crippen LogP contribution in [-0.4, -0.2) is 16.8 Å². The summed E-state index contributed by atoms with van der Waals surface area (Å²) in [4.78, 5) is 4.43. The Kier molecular flexibility index (Phi) is 4.76. The van der Waals surface area contributed by atoms with Crippen LogP contribution in [0.15, 0.2) is 40.2 Å². The number of nitrogens with one attached hydrogen (secondary N) is 1. The highest BCUT2D eigenvalue weighted by Crippen LogP contribution is 2.40. The van der Waals surface area contributed by atoms with Crippen LogP contribution >= 0.6 is 23.1 Å². The monoisotopic (exact) mass is 304 g/mol. The van der Waals surface area contributed by atoms with Crippen molar-refractivity contribution in [3.05, 3.63) is 47.0 Å². The molecule has 2 atom stereocenters. The van der Waals surface area contributed by atoms with E-state index in [0.717, 1.165) is 6.54 Å². The van der Waals surface area contributed by atoms with E-state index in [4.69, 9.17) is 0 Å².